The molecule has 1 N–H and O–H groups in total. The van der Waals surface area contributed by atoms with Gasteiger partial charge in [-0.15, -0.1) is 0 Å². The molecule has 0 bridgehead atoms. The zero-order chi connectivity index (χ0) is 20.6. The van der Waals surface area contributed by atoms with E-state index in [1.54, 1.807) is 12.1 Å². The molecule has 1 atom stereocenters. The van der Waals surface area contributed by atoms with Crippen LogP contribution in [0.2, 0.25) is 10.0 Å². The number of halogens is 2. The Morgan fingerprint density at radius 1 is 0.786 bits per heavy atom. The summed E-state index contributed by atoms with van der Waals surface area (Å²) in [5.74, 6) is 0. The van der Waals surface area contributed by atoms with Gasteiger partial charge in [0.2, 0.25) is 0 Å². The van der Waals surface area contributed by atoms with E-state index >= 15 is 0 Å². The van der Waals surface area contributed by atoms with Gasteiger partial charge in [-0.1, -0.05) is 107 Å². The monoisotopic (exact) mass is 429 g/mol. The first kappa shape index (κ1) is 25.8. The van der Waals surface area contributed by atoms with Crippen LogP contribution < -0.4 is 0 Å². The predicted molar refractivity (Wildman–Crippen MR) is 125 cm³/mol. The van der Waals surface area contributed by atoms with Gasteiger partial charge in [0, 0.05) is 22.2 Å². The van der Waals surface area contributed by atoms with Crippen molar-refractivity contribution in [2.75, 3.05) is 19.6 Å². The SMILES string of the molecule is CCCCCCCCN(CCCCCCCC)C[C@H](O)c1ccc(Cl)cc1Cl. The first-order valence-electron chi connectivity index (χ1n) is 11.4. The molecule has 0 aliphatic rings. The summed E-state index contributed by atoms with van der Waals surface area (Å²) in [6.07, 6.45) is 15.0. The third-order valence-corrected chi connectivity index (χ3v) is 5.97. The van der Waals surface area contributed by atoms with Gasteiger partial charge >= 0.3 is 0 Å². The lowest BCUT2D eigenvalue weighted by Crippen LogP contribution is -2.31. The summed E-state index contributed by atoms with van der Waals surface area (Å²) in [6, 6.07) is 5.37. The summed E-state index contributed by atoms with van der Waals surface area (Å²) in [4.78, 5) is 2.43. The van der Waals surface area contributed by atoms with E-state index in [4.69, 9.17) is 23.2 Å². The van der Waals surface area contributed by atoms with Gasteiger partial charge in [0.15, 0.2) is 0 Å². The van der Waals surface area contributed by atoms with Crippen molar-refractivity contribution in [3.8, 4) is 0 Å². The topological polar surface area (TPSA) is 23.5 Å². The van der Waals surface area contributed by atoms with Crippen LogP contribution in [-0.4, -0.2) is 29.6 Å². The van der Waals surface area contributed by atoms with Crippen molar-refractivity contribution >= 4 is 23.2 Å². The van der Waals surface area contributed by atoms with E-state index < -0.39 is 6.10 Å². The largest absolute Gasteiger partial charge is 0.387 e. The summed E-state index contributed by atoms with van der Waals surface area (Å²) < 4.78 is 0. The lowest BCUT2D eigenvalue weighted by Gasteiger charge is -2.26. The van der Waals surface area contributed by atoms with E-state index in [1.165, 1.54) is 77.0 Å². The Bertz CT molecular complexity index is 493. The first-order chi connectivity index (χ1) is 13.6. The van der Waals surface area contributed by atoms with Crippen molar-refractivity contribution in [2.24, 2.45) is 0 Å². The van der Waals surface area contributed by atoms with Crippen molar-refractivity contribution < 1.29 is 5.11 Å². The Labute approximate surface area is 183 Å². The molecule has 0 saturated carbocycles. The van der Waals surface area contributed by atoms with Gasteiger partial charge in [-0.25, -0.2) is 0 Å². The standard InChI is InChI=1S/C24H41Cl2NO/c1-3-5-7-9-11-13-17-27(18-14-12-10-8-6-4-2)20-24(28)22-16-15-21(25)19-23(22)26/h15-16,19,24,28H,3-14,17-18,20H2,1-2H3/t24-/m0/s1. The molecule has 0 saturated heterocycles. The molecule has 1 aromatic carbocycles. The summed E-state index contributed by atoms with van der Waals surface area (Å²) in [5, 5.41) is 11.9. The maximum Gasteiger partial charge on any atom is 0.0931 e. The fourth-order valence-electron chi connectivity index (χ4n) is 3.64. The highest BCUT2D eigenvalue weighted by Crippen LogP contribution is 2.27. The van der Waals surface area contributed by atoms with E-state index in [0.717, 1.165) is 18.7 Å². The lowest BCUT2D eigenvalue weighted by atomic mass is 10.1. The van der Waals surface area contributed by atoms with Crippen LogP contribution >= 0.6 is 23.2 Å². The highest BCUT2D eigenvalue weighted by Gasteiger charge is 2.16. The molecule has 0 spiro atoms. The van der Waals surface area contributed by atoms with Crippen LogP contribution in [0.15, 0.2) is 18.2 Å². The van der Waals surface area contributed by atoms with Gasteiger partial charge in [0.1, 0.15) is 0 Å². The normalized spacial score (nSPS) is 12.6. The van der Waals surface area contributed by atoms with Crippen molar-refractivity contribution in [2.45, 2.75) is 97.0 Å². The molecule has 28 heavy (non-hydrogen) atoms. The highest BCUT2D eigenvalue weighted by atomic mass is 35.5. The molecule has 1 aromatic rings. The van der Waals surface area contributed by atoms with Crippen molar-refractivity contribution in [3.63, 3.8) is 0 Å². The van der Waals surface area contributed by atoms with Crippen molar-refractivity contribution in [3.05, 3.63) is 33.8 Å². The lowest BCUT2D eigenvalue weighted by molar-refractivity contribution is 0.110. The minimum atomic E-state index is -0.565. The number of hydrogen-bond donors (Lipinski definition) is 1. The average Bonchev–Trinajstić information content (AvgIpc) is 2.66. The average molecular weight is 431 g/mol. The molecule has 1 rings (SSSR count). The number of nitrogens with zero attached hydrogens (tertiary/aromatic N) is 1. The van der Waals surface area contributed by atoms with Crippen molar-refractivity contribution in [1.29, 1.82) is 0 Å². The van der Waals surface area contributed by atoms with E-state index in [0.29, 0.717) is 16.6 Å². The third kappa shape index (κ3) is 11.7. The maximum absolute atomic E-state index is 10.7. The number of hydrogen-bond acceptors (Lipinski definition) is 2. The second kappa shape index (κ2) is 16.5. The van der Waals surface area contributed by atoms with Crippen LogP contribution in [-0.2, 0) is 0 Å². The van der Waals surface area contributed by atoms with E-state index in [1.807, 2.05) is 6.07 Å². The molecular weight excluding hydrogens is 389 g/mol. The molecule has 0 heterocycles. The van der Waals surface area contributed by atoms with Gasteiger partial charge in [-0.3, -0.25) is 0 Å². The number of unbranched alkanes of at least 4 members (excludes halogenated alkanes) is 10. The number of rotatable bonds is 17. The van der Waals surface area contributed by atoms with Gasteiger partial charge < -0.3 is 10.0 Å². The molecule has 0 aliphatic heterocycles. The molecule has 0 unspecified atom stereocenters. The molecule has 0 amide bonds. The molecule has 162 valence electrons. The number of benzene rings is 1. The van der Waals surface area contributed by atoms with Gasteiger partial charge in [-0.2, -0.15) is 0 Å². The molecule has 2 nitrogen and oxygen atoms in total. The smallest absolute Gasteiger partial charge is 0.0931 e. The Morgan fingerprint density at radius 3 is 1.79 bits per heavy atom. The molecule has 0 radical (unpaired) electrons. The zero-order valence-electron chi connectivity index (χ0n) is 18.1. The maximum atomic E-state index is 10.7. The second-order valence-corrected chi connectivity index (χ2v) is 8.86. The van der Waals surface area contributed by atoms with E-state index in [2.05, 4.69) is 18.7 Å². The predicted octanol–water partition coefficient (Wildman–Crippen LogP) is 8.05. The number of aliphatic hydroxyl groups excluding tert-OH is 1. The Balaban J connectivity index is 2.47. The van der Waals surface area contributed by atoms with Gasteiger partial charge in [0.05, 0.1) is 6.10 Å². The molecule has 0 fully saturated rings. The highest BCUT2D eigenvalue weighted by molar-refractivity contribution is 6.35. The minimum Gasteiger partial charge on any atom is -0.387 e. The fourth-order valence-corrected chi connectivity index (χ4v) is 4.17. The quantitative estimate of drug-likeness (QED) is 0.253. The van der Waals surface area contributed by atoms with Crippen molar-refractivity contribution in [1.82, 2.24) is 4.90 Å². The summed E-state index contributed by atoms with van der Waals surface area (Å²) in [7, 11) is 0. The Kier molecular flexibility index (Phi) is 15.2. The second-order valence-electron chi connectivity index (χ2n) is 8.02. The number of aliphatic hydroxyl groups is 1. The van der Waals surface area contributed by atoms with Crippen LogP contribution in [0.3, 0.4) is 0 Å². The van der Waals surface area contributed by atoms with Crippen LogP contribution in [0.1, 0.15) is 103 Å². The van der Waals surface area contributed by atoms with Gasteiger partial charge in [0.25, 0.3) is 0 Å². The summed E-state index contributed by atoms with van der Waals surface area (Å²) in [5.41, 5.74) is 0.780. The third-order valence-electron chi connectivity index (χ3n) is 5.41. The van der Waals surface area contributed by atoms with Crippen LogP contribution in [0.5, 0.6) is 0 Å². The fraction of sp³-hybridized carbons (Fsp3) is 0.750. The Hall–Kier alpha value is -0.280. The minimum absolute atomic E-state index is 0.555. The van der Waals surface area contributed by atoms with E-state index in [-0.39, 0.29) is 0 Å². The summed E-state index contributed by atoms with van der Waals surface area (Å²) in [6.45, 7) is 7.27. The zero-order valence-corrected chi connectivity index (χ0v) is 19.6. The molecule has 0 aliphatic carbocycles. The van der Waals surface area contributed by atoms with Gasteiger partial charge in [-0.05, 0) is 38.1 Å². The van der Waals surface area contributed by atoms with Crippen LogP contribution in [0.4, 0.5) is 0 Å². The molecule has 0 aromatic heterocycles. The summed E-state index contributed by atoms with van der Waals surface area (Å²) >= 11 is 12.3. The molecular formula is C24H41Cl2NO. The molecule has 4 heteroatoms. The Morgan fingerprint density at radius 2 is 1.29 bits per heavy atom. The first-order valence-corrected chi connectivity index (χ1v) is 12.2. The van der Waals surface area contributed by atoms with E-state index in [9.17, 15) is 5.11 Å². The van der Waals surface area contributed by atoms with Crippen LogP contribution in [0, 0.1) is 0 Å². The van der Waals surface area contributed by atoms with Crippen LogP contribution in [0.25, 0.3) is 0 Å².